The van der Waals surface area contributed by atoms with Gasteiger partial charge < -0.3 is 10.6 Å². The molecule has 434 valence electrons. The number of carbonyl (C=O) groups is 9. The predicted molar refractivity (Wildman–Crippen MR) is 350 cm³/mol. The lowest BCUT2D eigenvalue weighted by atomic mass is 9.92. The van der Waals surface area contributed by atoms with Crippen LogP contribution in [0.2, 0.25) is 30.1 Å². The lowest BCUT2D eigenvalue weighted by Gasteiger charge is -2.19. The third-order valence-corrected chi connectivity index (χ3v) is 15.6. The summed E-state index contributed by atoms with van der Waals surface area (Å²) < 4.78 is 1.10. The maximum absolute atomic E-state index is 13.0. The van der Waals surface area contributed by atoms with Gasteiger partial charge in [-0.15, -0.1) is 12.8 Å². The van der Waals surface area contributed by atoms with Crippen molar-refractivity contribution in [3.63, 3.8) is 0 Å². The number of nitrogens with one attached hydrogen (secondary N) is 3. The van der Waals surface area contributed by atoms with Crippen LogP contribution in [0.4, 0.5) is 27.5 Å². The number of halogens is 8. The van der Waals surface area contributed by atoms with E-state index in [-0.39, 0.29) is 19.6 Å². The normalized spacial score (nSPS) is 14.9. The van der Waals surface area contributed by atoms with Crippen molar-refractivity contribution < 1.29 is 43.2 Å². The van der Waals surface area contributed by atoms with Gasteiger partial charge in [-0.05, 0) is 120 Å². The number of benzene rings is 7. The first-order valence-corrected chi connectivity index (χ1v) is 29.5. The van der Waals surface area contributed by atoms with Gasteiger partial charge in [0.1, 0.15) is 0 Å². The molecule has 5 aliphatic rings. The quantitative estimate of drug-likeness (QED) is 0.0293. The van der Waals surface area contributed by atoms with Crippen LogP contribution in [-0.4, -0.2) is 77.9 Å². The number of Topliss-reactive ketones (excluding diaryl/α,β-unsaturated/α-hetero) is 3. The molecule has 5 heterocycles. The number of carbonyl (C=O) groups excluding carboxylic acids is 9. The Balaban J connectivity index is 0.000000161. The molecule has 23 heteroatoms. The Kier molecular flexibility index (Phi) is 23.0. The SMILES string of the molecule is C#CCBr.C#CCN1C(=O)C(=O)c2ccccc21.Clc1ccc(I)cc1Cl.O=C1C(=O)N(CC#Cc2ccc(Cl)c(Cl)c2)c2ccccc21.O=C1NC(=O)C2(N1)C(=O)N(CC#Cc1ccc(Cl)c(Cl)c1)c1ccccc12.O=C1Nc2ccccc2C1=O. The second kappa shape index (κ2) is 30.3. The zero-order valence-corrected chi connectivity index (χ0v) is 52.7. The van der Waals surface area contributed by atoms with Crippen LogP contribution in [0.25, 0.3) is 0 Å². The van der Waals surface area contributed by atoms with Gasteiger partial charge in [-0.25, -0.2) is 4.79 Å². The Morgan fingerprint density at radius 3 is 1.39 bits per heavy atom. The van der Waals surface area contributed by atoms with Crippen LogP contribution < -0.4 is 30.7 Å². The molecule has 7 aromatic rings. The monoisotopic (exact) mass is 1450 g/mol. The van der Waals surface area contributed by atoms with Gasteiger partial charge in [0.05, 0.1) is 94.5 Å². The van der Waals surface area contributed by atoms with E-state index in [9.17, 15) is 43.2 Å². The average molecular weight is 1450 g/mol. The van der Waals surface area contributed by atoms with Gasteiger partial charge in [0.25, 0.3) is 46.9 Å². The molecule has 0 bridgehead atoms. The smallest absolute Gasteiger partial charge is 0.318 e. The van der Waals surface area contributed by atoms with E-state index in [0.717, 1.165) is 3.57 Å². The highest BCUT2D eigenvalue weighted by atomic mass is 127. The summed E-state index contributed by atoms with van der Waals surface area (Å²) in [7, 11) is 0. The predicted octanol–water partition coefficient (Wildman–Crippen LogP) is 12.3. The van der Waals surface area contributed by atoms with Crippen molar-refractivity contribution in [1.29, 1.82) is 0 Å². The maximum Gasteiger partial charge on any atom is 0.323 e. The molecule has 7 aromatic carbocycles. The van der Waals surface area contributed by atoms with Crippen molar-refractivity contribution in [3.05, 3.63) is 219 Å². The number of rotatable bonds is 3. The second-order valence-corrected chi connectivity index (χ2v) is 22.1. The summed E-state index contributed by atoms with van der Waals surface area (Å²) in [5.74, 6) is 12.0. The second-order valence-electron chi connectivity index (χ2n) is 17.8. The van der Waals surface area contributed by atoms with Crippen molar-refractivity contribution in [2.24, 2.45) is 0 Å². The van der Waals surface area contributed by atoms with Crippen molar-refractivity contribution in [3.8, 4) is 48.4 Å². The third kappa shape index (κ3) is 15.4. The minimum Gasteiger partial charge on any atom is -0.318 e. The third-order valence-electron chi connectivity index (χ3n) is 12.4. The molecule has 5 aliphatic heterocycles. The highest BCUT2D eigenvalue weighted by Gasteiger charge is 2.61. The van der Waals surface area contributed by atoms with Crippen LogP contribution in [0.15, 0.2) is 152 Å². The van der Waals surface area contributed by atoms with Crippen LogP contribution in [0.1, 0.15) is 47.8 Å². The number of fused-ring (bicyclic) bond motifs is 5. The standard InChI is InChI=1S/C19H11Cl2N3O3.C17H9Cl2NO2.C11H7NO2.C8H5NO2.C6H3Cl2I.C3H3Br/c20-13-8-7-11(10-14(13)21)4-3-9-24-15-6-2-1-5-12(15)19(17(24)26)16(25)22-18(27)23-19;18-13-8-7-11(10-14(13)19)4-3-9-20-15-6-2-1-5-12(15)16(21)17(20)22;1-2-7-12-9-6-4-3-5-8(9)10(13)11(12)14;10-7-5-3-1-2-4-6(5)9-8(7)11;7-5-2-1-4(9)3-6(5)8;1-2-3-4/h1-2,5-8,10H,9H2,(H2,22,23,25,27);1-2,5-8,10H,9H2;1,3-6H,7H2;1-4H,(H,9,10,11);1-3H;1H,3H2. The van der Waals surface area contributed by atoms with E-state index in [0.29, 0.717) is 91.6 Å². The Morgan fingerprint density at radius 1 is 0.483 bits per heavy atom. The minimum atomic E-state index is -1.74. The molecule has 15 nitrogen and oxygen atoms in total. The van der Waals surface area contributed by atoms with E-state index in [2.05, 4.69) is 90.0 Å². The highest BCUT2D eigenvalue weighted by Crippen LogP contribution is 2.42. The van der Waals surface area contributed by atoms with Gasteiger partial charge in [0, 0.05) is 20.3 Å². The summed E-state index contributed by atoms with van der Waals surface area (Å²) in [6.07, 6.45) is 9.85. The summed E-state index contributed by atoms with van der Waals surface area (Å²) in [6, 6.07) is 42.2. The van der Waals surface area contributed by atoms with Crippen molar-refractivity contribution in [2.75, 3.05) is 45.0 Å². The molecule has 12 rings (SSSR count). The lowest BCUT2D eigenvalue weighted by molar-refractivity contribution is -0.134. The molecule has 3 N–H and O–H groups in total. The fourth-order valence-electron chi connectivity index (χ4n) is 8.46. The summed E-state index contributed by atoms with van der Waals surface area (Å²) in [4.78, 5) is 110. The van der Waals surface area contributed by atoms with Crippen LogP contribution in [0.3, 0.4) is 0 Å². The molecule has 0 saturated carbocycles. The number of amides is 7. The Labute approximate surface area is 550 Å². The summed E-state index contributed by atoms with van der Waals surface area (Å²) in [5, 5.41) is 10.6. The number of hydrogen-bond acceptors (Lipinski definition) is 9. The molecular formula is C64H38BrCl6IN6O9. The molecule has 0 aliphatic carbocycles. The molecule has 1 unspecified atom stereocenters. The average Bonchev–Trinajstić information content (AvgIpc) is 1.62. The first-order valence-electron chi connectivity index (χ1n) is 25.0. The van der Waals surface area contributed by atoms with Crippen molar-refractivity contribution in [2.45, 2.75) is 5.54 Å². The number of para-hydroxylation sites is 4. The largest absolute Gasteiger partial charge is 0.323 e. The molecule has 87 heavy (non-hydrogen) atoms. The molecule has 1 fully saturated rings. The molecular weight excluding hydrogens is 1420 g/mol. The highest BCUT2D eigenvalue weighted by molar-refractivity contribution is 14.1. The summed E-state index contributed by atoms with van der Waals surface area (Å²) in [5.41, 5.74) is 3.71. The van der Waals surface area contributed by atoms with Gasteiger partial charge in [-0.1, -0.05) is 176 Å². The molecule has 7 amide bonds. The number of ketones is 3. The van der Waals surface area contributed by atoms with Crippen molar-refractivity contribution >= 4 is 184 Å². The van der Waals surface area contributed by atoms with Crippen LogP contribution in [0.5, 0.6) is 0 Å². The first-order chi connectivity index (χ1) is 41.7. The zero-order valence-electron chi connectivity index (χ0n) is 44.5. The first kappa shape index (κ1) is 66.1. The van der Waals surface area contributed by atoms with E-state index < -0.39 is 58.5 Å². The van der Waals surface area contributed by atoms with Crippen LogP contribution in [0, 0.1) is 51.9 Å². The zero-order chi connectivity index (χ0) is 63.1. The van der Waals surface area contributed by atoms with E-state index in [4.69, 9.17) is 82.5 Å². The van der Waals surface area contributed by atoms with E-state index in [1.807, 2.05) is 12.1 Å². The fourth-order valence-corrected chi connectivity index (χ4v) is 10.0. The maximum atomic E-state index is 13.0. The Morgan fingerprint density at radius 2 is 0.931 bits per heavy atom. The topological polar surface area (TPSA) is 199 Å². The van der Waals surface area contributed by atoms with Crippen LogP contribution in [-0.2, 0) is 29.5 Å². The number of nitrogens with zero attached hydrogens (tertiary/aromatic N) is 3. The molecule has 0 radical (unpaired) electrons. The number of terminal acetylenes is 2. The van der Waals surface area contributed by atoms with Crippen LogP contribution >= 0.6 is 108 Å². The summed E-state index contributed by atoms with van der Waals surface area (Å²) in [6.45, 7) is 0.324. The van der Waals surface area contributed by atoms with E-state index >= 15 is 0 Å². The minimum absolute atomic E-state index is 0.0427. The number of alkyl halides is 1. The molecule has 1 atom stereocenters. The lowest BCUT2D eigenvalue weighted by Crippen LogP contribution is -2.52. The number of anilines is 4. The van der Waals surface area contributed by atoms with Gasteiger partial charge in [-0.2, -0.15) is 0 Å². The fraction of sp³-hybridized carbons (Fsp3) is 0.0781. The molecule has 1 saturated heterocycles. The number of urea groups is 1. The number of hydrogen-bond donors (Lipinski definition) is 3. The van der Waals surface area contributed by atoms with Gasteiger partial charge in [0.2, 0.25) is 5.54 Å². The van der Waals surface area contributed by atoms with Gasteiger partial charge in [0.15, 0.2) is 0 Å². The molecule has 1 spiro atoms. The Hall–Kier alpha value is -8.44. The number of imide groups is 1. The molecule has 0 aromatic heterocycles. The van der Waals surface area contributed by atoms with Gasteiger partial charge >= 0.3 is 6.03 Å². The van der Waals surface area contributed by atoms with Gasteiger partial charge in [-0.3, -0.25) is 58.4 Å². The van der Waals surface area contributed by atoms with E-state index in [1.165, 1.54) is 14.7 Å². The Bertz CT molecular complexity index is 4220. The van der Waals surface area contributed by atoms with E-state index in [1.54, 1.807) is 140 Å². The summed E-state index contributed by atoms with van der Waals surface area (Å²) >= 11 is 40.1. The van der Waals surface area contributed by atoms with Crippen molar-refractivity contribution in [1.82, 2.24) is 10.6 Å².